The number of allylic oxidation sites excluding steroid dienone is 10. The summed E-state index contributed by atoms with van der Waals surface area (Å²) in [6.45, 7) is 8.68. The summed E-state index contributed by atoms with van der Waals surface area (Å²) in [4.78, 5) is 4.69. The third-order valence-electron chi connectivity index (χ3n) is 9.53. The molecule has 4 aromatic carbocycles. The van der Waals surface area contributed by atoms with Crippen molar-refractivity contribution >= 4 is 49.9 Å². The Morgan fingerprint density at radius 2 is 1.79 bits per heavy atom. The molecule has 0 saturated carbocycles. The fourth-order valence-corrected chi connectivity index (χ4v) is 7.58. The van der Waals surface area contributed by atoms with Crippen LogP contribution in [0.25, 0.3) is 49.4 Å². The van der Waals surface area contributed by atoms with Crippen molar-refractivity contribution in [1.29, 1.82) is 0 Å². The average Bonchev–Trinajstić information content (AvgIpc) is 3.38. The second-order valence-electron chi connectivity index (χ2n) is 12.3. The van der Waals surface area contributed by atoms with Crippen LogP contribution in [0.5, 0.6) is 0 Å². The minimum Gasteiger partial charge on any atom is -0.309 e. The molecule has 0 radical (unpaired) electrons. The zero-order chi connectivity index (χ0) is 29.1. The summed E-state index contributed by atoms with van der Waals surface area (Å²) in [6.07, 6.45) is 19.7. The molecular weight excluding hydrogens is 520 g/mol. The van der Waals surface area contributed by atoms with E-state index in [0.717, 1.165) is 41.8 Å². The maximum atomic E-state index is 4.69. The minimum atomic E-state index is -0.0227. The van der Waals surface area contributed by atoms with E-state index in [1.165, 1.54) is 54.9 Å². The van der Waals surface area contributed by atoms with Gasteiger partial charge >= 0.3 is 0 Å². The van der Waals surface area contributed by atoms with Crippen LogP contribution in [0, 0.1) is 0 Å². The molecule has 0 unspecified atom stereocenters. The van der Waals surface area contributed by atoms with Crippen molar-refractivity contribution in [3.8, 4) is 5.69 Å². The largest absolute Gasteiger partial charge is 0.309 e. The monoisotopic (exact) mass is 554 g/mol. The predicted octanol–water partition coefficient (Wildman–Crippen LogP) is 10.8. The lowest BCUT2D eigenvalue weighted by Gasteiger charge is -2.38. The van der Waals surface area contributed by atoms with E-state index >= 15 is 0 Å². The van der Waals surface area contributed by atoms with Gasteiger partial charge < -0.3 is 4.57 Å². The van der Waals surface area contributed by atoms with Crippen molar-refractivity contribution in [2.45, 2.75) is 38.5 Å². The molecule has 208 valence electrons. The summed E-state index contributed by atoms with van der Waals surface area (Å²) in [5.41, 5.74) is 12.9. The van der Waals surface area contributed by atoms with Gasteiger partial charge in [0.15, 0.2) is 0 Å². The van der Waals surface area contributed by atoms with E-state index in [4.69, 9.17) is 0 Å². The number of dihydropyridines is 1. The molecule has 43 heavy (non-hydrogen) atoms. The van der Waals surface area contributed by atoms with Crippen LogP contribution in [-0.2, 0) is 5.41 Å². The van der Waals surface area contributed by atoms with Gasteiger partial charge in [-0.1, -0.05) is 105 Å². The van der Waals surface area contributed by atoms with Crippen LogP contribution in [0.4, 0.5) is 0 Å². The molecule has 0 atom stereocenters. The van der Waals surface area contributed by atoms with Gasteiger partial charge in [0.1, 0.15) is 0 Å². The topological polar surface area (TPSA) is 17.3 Å². The number of para-hydroxylation sites is 1. The quantitative estimate of drug-likeness (QED) is 0.197. The lowest BCUT2D eigenvalue weighted by atomic mass is 9.66. The van der Waals surface area contributed by atoms with Crippen molar-refractivity contribution in [1.82, 2.24) is 4.57 Å². The average molecular weight is 555 g/mol. The molecular formula is C41H34N2. The van der Waals surface area contributed by atoms with Gasteiger partial charge in [-0.3, -0.25) is 4.99 Å². The Balaban J connectivity index is 1.41. The Morgan fingerprint density at radius 3 is 2.60 bits per heavy atom. The number of nitrogens with zero attached hydrogens (tertiary/aromatic N) is 2. The Kier molecular flexibility index (Phi) is 5.87. The van der Waals surface area contributed by atoms with Crippen LogP contribution in [-0.4, -0.2) is 10.8 Å². The minimum absolute atomic E-state index is 0.0227. The van der Waals surface area contributed by atoms with E-state index in [2.05, 4.69) is 127 Å². The van der Waals surface area contributed by atoms with Crippen molar-refractivity contribution in [2.24, 2.45) is 4.99 Å². The van der Waals surface area contributed by atoms with E-state index in [0.29, 0.717) is 0 Å². The second kappa shape index (κ2) is 9.81. The van der Waals surface area contributed by atoms with Gasteiger partial charge in [-0.05, 0) is 81.8 Å². The standard InChI is InChI=1S/C41H34N2/c1-4-5-14-30(35-19-10-11-25-42-35)27-21-23-29(24-22-27)43-36-20-9-7-16-32(36)39-37(43)26-28-13-12-18-34-38(28)40(39)31-15-6-8-17-33(31)41(34,2)3/h4-5,7-14,16-18,20-26H,1,6,15,19H2,2-3H3/b14-5-,35-30-. The van der Waals surface area contributed by atoms with E-state index in [9.17, 15) is 0 Å². The van der Waals surface area contributed by atoms with Crippen molar-refractivity contribution < 1.29 is 0 Å². The second-order valence-corrected chi connectivity index (χ2v) is 12.3. The summed E-state index contributed by atoms with van der Waals surface area (Å²) in [7, 11) is 0. The Labute approximate surface area is 253 Å². The highest BCUT2D eigenvalue weighted by Gasteiger charge is 2.36. The lowest BCUT2D eigenvalue weighted by Crippen LogP contribution is -2.25. The first kappa shape index (κ1) is 25.7. The van der Waals surface area contributed by atoms with E-state index in [-0.39, 0.29) is 5.41 Å². The molecule has 1 aromatic heterocycles. The predicted molar refractivity (Wildman–Crippen MR) is 185 cm³/mol. The molecule has 2 heteroatoms. The van der Waals surface area contributed by atoms with Gasteiger partial charge in [0.25, 0.3) is 0 Å². The Hall–Kier alpha value is -4.95. The number of aromatic nitrogens is 1. The first-order valence-corrected chi connectivity index (χ1v) is 15.3. The fourth-order valence-electron chi connectivity index (χ4n) is 7.58. The number of hydrogen-bond donors (Lipinski definition) is 0. The Morgan fingerprint density at radius 1 is 0.930 bits per heavy atom. The summed E-state index contributed by atoms with van der Waals surface area (Å²) in [6, 6.07) is 27.2. The third-order valence-corrected chi connectivity index (χ3v) is 9.53. The number of fused-ring (bicyclic) bond motifs is 5. The molecule has 8 rings (SSSR count). The summed E-state index contributed by atoms with van der Waals surface area (Å²) in [5, 5.41) is 5.44. The number of benzene rings is 4. The van der Waals surface area contributed by atoms with Crippen LogP contribution in [0.3, 0.4) is 0 Å². The van der Waals surface area contributed by atoms with Gasteiger partial charge in [0.05, 0.1) is 16.7 Å². The molecule has 2 heterocycles. The molecule has 2 aliphatic carbocycles. The number of hydrogen-bond acceptors (Lipinski definition) is 1. The van der Waals surface area contributed by atoms with Crippen LogP contribution >= 0.6 is 0 Å². The van der Waals surface area contributed by atoms with Crippen LogP contribution in [0.2, 0.25) is 0 Å². The van der Waals surface area contributed by atoms with Gasteiger partial charge in [0, 0.05) is 40.1 Å². The molecule has 2 nitrogen and oxygen atoms in total. The third kappa shape index (κ3) is 3.83. The van der Waals surface area contributed by atoms with Gasteiger partial charge in [0.2, 0.25) is 0 Å². The molecule has 0 bridgehead atoms. The van der Waals surface area contributed by atoms with Crippen molar-refractivity contribution in [3.63, 3.8) is 0 Å². The van der Waals surface area contributed by atoms with Crippen LogP contribution in [0.1, 0.15) is 49.8 Å². The molecule has 3 aliphatic rings. The van der Waals surface area contributed by atoms with E-state index in [1.54, 1.807) is 0 Å². The maximum Gasteiger partial charge on any atom is 0.0553 e. The summed E-state index contributed by atoms with van der Waals surface area (Å²) < 4.78 is 2.46. The molecule has 0 saturated heterocycles. The molecule has 1 aliphatic heterocycles. The van der Waals surface area contributed by atoms with Gasteiger partial charge in [-0.25, -0.2) is 0 Å². The number of aliphatic imine (C=N–C) groups is 1. The highest BCUT2D eigenvalue weighted by Crippen LogP contribution is 2.53. The van der Waals surface area contributed by atoms with Gasteiger partial charge in [-0.2, -0.15) is 0 Å². The molecule has 0 N–H and O–H groups in total. The fraction of sp³-hybridized carbons (Fsp3) is 0.146. The first-order chi connectivity index (χ1) is 21.1. The van der Waals surface area contributed by atoms with Crippen LogP contribution in [0.15, 0.2) is 138 Å². The zero-order valence-corrected chi connectivity index (χ0v) is 24.8. The SMILES string of the molecule is C=C/C=C\C(=C1/CC=CC=N1)c1ccc(-n2c3ccccc3c3c4c5c(cccc5cc32)C(C)(C)C2=C4CCC=C2)cc1. The van der Waals surface area contributed by atoms with Crippen molar-refractivity contribution in [3.05, 3.63) is 150 Å². The summed E-state index contributed by atoms with van der Waals surface area (Å²) >= 11 is 0. The first-order valence-electron chi connectivity index (χ1n) is 15.3. The molecule has 5 aromatic rings. The normalized spacial score (nSPS) is 18.3. The van der Waals surface area contributed by atoms with Crippen LogP contribution < -0.4 is 0 Å². The summed E-state index contributed by atoms with van der Waals surface area (Å²) in [5.74, 6) is 0. The zero-order valence-electron chi connectivity index (χ0n) is 24.8. The van der Waals surface area contributed by atoms with Gasteiger partial charge in [-0.15, -0.1) is 0 Å². The van der Waals surface area contributed by atoms with E-state index < -0.39 is 0 Å². The lowest BCUT2D eigenvalue weighted by molar-refractivity contribution is 0.637. The highest BCUT2D eigenvalue weighted by molar-refractivity contribution is 6.22. The highest BCUT2D eigenvalue weighted by atomic mass is 15.0. The number of rotatable bonds is 4. The molecule has 0 spiro atoms. The smallest absolute Gasteiger partial charge is 0.0553 e. The van der Waals surface area contributed by atoms with Crippen molar-refractivity contribution in [2.75, 3.05) is 0 Å². The Bertz CT molecular complexity index is 2170. The van der Waals surface area contributed by atoms with E-state index in [1.807, 2.05) is 24.4 Å². The molecule has 0 amide bonds. The maximum absolute atomic E-state index is 4.69. The molecule has 0 fully saturated rings.